The first-order valence-corrected chi connectivity index (χ1v) is 8.14. The minimum Gasteiger partial charge on any atom is -0.323 e. The first-order valence-electron chi connectivity index (χ1n) is 8.14. The van der Waals surface area contributed by atoms with Crippen molar-refractivity contribution in [1.82, 2.24) is 10.2 Å². The predicted octanol–water partition coefficient (Wildman–Crippen LogP) is 2.57. The zero-order chi connectivity index (χ0) is 17.3. The lowest BCUT2D eigenvalue weighted by atomic mass is 9.64. The molecule has 1 aliphatic carbocycles. The van der Waals surface area contributed by atoms with Crippen molar-refractivity contribution in [1.29, 1.82) is 10.5 Å². The van der Waals surface area contributed by atoms with Gasteiger partial charge in [0.05, 0.1) is 18.1 Å². The highest BCUT2D eigenvalue weighted by molar-refractivity contribution is 6.07. The average molecular weight is 316 g/mol. The summed E-state index contributed by atoms with van der Waals surface area (Å²) in [5.41, 5.74) is -0.834. The fourth-order valence-electron chi connectivity index (χ4n) is 4.33. The fraction of sp³-hybridized carbons (Fsp3) is 0.765. The zero-order valence-corrected chi connectivity index (χ0v) is 14.1. The van der Waals surface area contributed by atoms with Gasteiger partial charge in [0, 0.05) is 13.0 Å². The van der Waals surface area contributed by atoms with Gasteiger partial charge in [-0.25, -0.2) is 4.79 Å². The third kappa shape index (κ3) is 3.47. The van der Waals surface area contributed by atoms with E-state index in [-0.39, 0.29) is 24.3 Å². The van der Waals surface area contributed by atoms with Crippen molar-refractivity contribution in [3.8, 4) is 12.1 Å². The molecule has 6 heteroatoms. The molecule has 1 aliphatic heterocycles. The number of amides is 3. The van der Waals surface area contributed by atoms with E-state index in [1.807, 2.05) is 6.07 Å². The van der Waals surface area contributed by atoms with Crippen molar-refractivity contribution < 1.29 is 9.59 Å². The first-order chi connectivity index (χ1) is 10.7. The van der Waals surface area contributed by atoms with E-state index in [1.54, 1.807) is 0 Å². The molecular formula is C17H24N4O2. The van der Waals surface area contributed by atoms with E-state index in [0.29, 0.717) is 25.2 Å². The van der Waals surface area contributed by atoms with Crippen LogP contribution in [0.2, 0.25) is 0 Å². The molecule has 1 heterocycles. The molecule has 2 rings (SSSR count). The second-order valence-electron chi connectivity index (χ2n) is 7.81. The van der Waals surface area contributed by atoms with Gasteiger partial charge < -0.3 is 5.32 Å². The molecule has 0 radical (unpaired) electrons. The molecule has 6 nitrogen and oxygen atoms in total. The molecule has 1 saturated heterocycles. The van der Waals surface area contributed by atoms with Gasteiger partial charge in [-0.3, -0.25) is 9.69 Å². The van der Waals surface area contributed by atoms with Gasteiger partial charge in [-0.2, -0.15) is 10.5 Å². The van der Waals surface area contributed by atoms with Gasteiger partial charge in [0.2, 0.25) is 0 Å². The number of rotatable bonds is 4. The Morgan fingerprint density at radius 2 is 2.04 bits per heavy atom. The van der Waals surface area contributed by atoms with E-state index < -0.39 is 17.5 Å². The molecular weight excluding hydrogens is 292 g/mol. The van der Waals surface area contributed by atoms with Gasteiger partial charge in [0.25, 0.3) is 5.91 Å². The highest BCUT2D eigenvalue weighted by atomic mass is 16.2. The van der Waals surface area contributed by atoms with E-state index in [2.05, 4.69) is 32.2 Å². The largest absolute Gasteiger partial charge is 0.325 e. The third-order valence-electron chi connectivity index (χ3n) is 4.81. The van der Waals surface area contributed by atoms with Gasteiger partial charge >= 0.3 is 6.03 Å². The smallest absolute Gasteiger partial charge is 0.323 e. The van der Waals surface area contributed by atoms with Crippen LogP contribution in [0, 0.1) is 39.9 Å². The lowest BCUT2D eigenvalue weighted by Crippen LogP contribution is -2.54. The summed E-state index contributed by atoms with van der Waals surface area (Å²) in [5, 5.41) is 20.7. The summed E-state index contributed by atoms with van der Waals surface area (Å²) >= 11 is 0. The number of imide groups is 1. The number of carbonyl (C=O) groups excluding carboxylic acids is 2. The Hall–Kier alpha value is -2.08. The number of nitrogens with one attached hydrogen (secondary N) is 1. The van der Waals surface area contributed by atoms with E-state index >= 15 is 0 Å². The van der Waals surface area contributed by atoms with Crippen LogP contribution in [-0.4, -0.2) is 28.9 Å². The van der Waals surface area contributed by atoms with E-state index in [9.17, 15) is 14.9 Å². The highest BCUT2D eigenvalue weighted by Gasteiger charge is 2.56. The Bertz CT molecular complexity index is 586. The number of urea groups is 1. The maximum absolute atomic E-state index is 12.9. The van der Waals surface area contributed by atoms with Crippen molar-refractivity contribution in [3.05, 3.63) is 0 Å². The summed E-state index contributed by atoms with van der Waals surface area (Å²) in [4.78, 5) is 26.4. The molecule has 1 spiro atoms. The summed E-state index contributed by atoms with van der Waals surface area (Å²) in [6.07, 6.45) is 2.92. The molecule has 1 saturated carbocycles. The number of hydrogen-bond acceptors (Lipinski definition) is 4. The van der Waals surface area contributed by atoms with Crippen molar-refractivity contribution >= 4 is 11.9 Å². The third-order valence-corrected chi connectivity index (χ3v) is 4.81. The lowest BCUT2D eigenvalue weighted by molar-refractivity contribution is -0.135. The Morgan fingerprint density at radius 3 is 2.61 bits per heavy atom. The van der Waals surface area contributed by atoms with Gasteiger partial charge in [-0.1, -0.05) is 20.8 Å². The van der Waals surface area contributed by atoms with Crippen LogP contribution < -0.4 is 5.32 Å². The van der Waals surface area contributed by atoms with Gasteiger partial charge in [-0.15, -0.1) is 0 Å². The molecule has 2 aliphatic rings. The topological polar surface area (TPSA) is 97.0 Å². The molecule has 2 fully saturated rings. The van der Waals surface area contributed by atoms with Crippen LogP contribution in [0.3, 0.4) is 0 Å². The molecule has 0 aromatic rings. The average Bonchev–Trinajstić information content (AvgIpc) is 2.64. The number of hydrogen-bond donors (Lipinski definition) is 1. The summed E-state index contributed by atoms with van der Waals surface area (Å²) in [6.45, 7) is 6.42. The minimum absolute atomic E-state index is 0.00788. The Labute approximate surface area is 137 Å². The summed E-state index contributed by atoms with van der Waals surface area (Å²) in [5.74, 6) is -0.346. The molecule has 124 valence electrons. The standard InChI is InChI=1S/C17H24N4O2/c1-12-7-16(2,3)11-17(8-12)14(22)21(15(23)20-17)10-13(9-19)5-4-6-18/h12-13H,4-5,7-8,10-11H2,1-3H3,(H,20,23)/t12-,13-,17-/m1/s1. The number of nitrogens with zero attached hydrogens (tertiary/aromatic N) is 3. The van der Waals surface area contributed by atoms with Crippen molar-refractivity contribution in [3.63, 3.8) is 0 Å². The predicted molar refractivity (Wildman–Crippen MR) is 83.7 cm³/mol. The van der Waals surface area contributed by atoms with Crippen LogP contribution in [0.1, 0.15) is 52.9 Å². The molecule has 3 amide bonds. The van der Waals surface area contributed by atoms with Crippen LogP contribution in [0.4, 0.5) is 4.79 Å². The Morgan fingerprint density at radius 1 is 1.35 bits per heavy atom. The van der Waals surface area contributed by atoms with Crippen molar-refractivity contribution in [2.75, 3.05) is 6.54 Å². The highest BCUT2D eigenvalue weighted by Crippen LogP contribution is 2.46. The van der Waals surface area contributed by atoms with Gasteiger partial charge in [0.15, 0.2) is 0 Å². The Kier molecular flexibility index (Phi) is 4.66. The second-order valence-corrected chi connectivity index (χ2v) is 7.81. The van der Waals surface area contributed by atoms with E-state index in [1.165, 1.54) is 4.90 Å². The molecule has 3 atom stereocenters. The number of carbonyl (C=O) groups is 2. The van der Waals surface area contributed by atoms with Gasteiger partial charge in [-0.05, 0) is 37.0 Å². The molecule has 0 unspecified atom stereocenters. The minimum atomic E-state index is -0.826. The quantitative estimate of drug-likeness (QED) is 0.806. The van der Waals surface area contributed by atoms with E-state index in [0.717, 1.165) is 6.42 Å². The monoisotopic (exact) mass is 316 g/mol. The van der Waals surface area contributed by atoms with Crippen molar-refractivity contribution in [2.45, 2.75) is 58.4 Å². The second kappa shape index (κ2) is 6.20. The molecule has 0 bridgehead atoms. The van der Waals surface area contributed by atoms with Crippen LogP contribution in [-0.2, 0) is 4.79 Å². The van der Waals surface area contributed by atoms with Gasteiger partial charge in [0.1, 0.15) is 5.54 Å². The normalized spacial score (nSPS) is 30.7. The summed E-state index contributed by atoms with van der Waals surface area (Å²) in [6, 6.07) is 3.69. The Balaban J connectivity index is 2.17. The molecule has 1 N–H and O–H groups in total. The lowest BCUT2D eigenvalue weighted by Gasteiger charge is -2.43. The van der Waals surface area contributed by atoms with Crippen LogP contribution in [0.25, 0.3) is 0 Å². The maximum Gasteiger partial charge on any atom is 0.325 e. The van der Waals surface area contributed by atoms with Crippen LogP contribution >= 0.6 is 0 Å². The van der Waals surface area contributed by atoms with Crippen LogP contribution in [0.15, 0.2) is 0 Å². The maximum atomic E-state index is 12.9. The first kappa shape index (κ1) is 17.3. The fourth-order valence-corrected chi connectivity index (χ4v) is 4.33. The molecule has 0 aromatic carbocycles. The van der Waals surface area contributed by atoms with Crippen LogP contribution in [0.5, 0.6) is 0 Å². The summed E-state index contributed by atoms with van der Waals surface area (Å²) in [7, 11) is 0. The zero-order valence-electron chi connectivity index (χ0n) is 14.1. The number of nitriles is 2. The van der Waals surface area contributed by atoms with E-state index in [4.69, 9.17) is 5.26 Å². The molecule has 23 heavy (non-hydrogen) atoms. The molecule has 0 aromatic heterocycles. The SMILES string of the molecule is C[C@@H]1CC(C)(C)C[C@@]2(C1)NC(=O)N(C[C@@H](C#N)CCC#N)C2=O. The summed E-state index contributed by atoms with van der Waals surface area (Å²) < 4.78 is 0. The van der Waals surface area contributed by atoms with Crippen molar-refractivity contribution in [2.24, 2.45) is 17.3 Å².